The van der Waals surface area contributed by atoms with Crippen molar-refractivity contribution in [1.82, 2.24) is 5.48 Å². The largest absolute Gasteiger partial charge is 0.370 e. The van der Waals surface area contributed by atoms with E-state index >= 15 is 0 Å². The van der Waals surface area contributed by atoms with Gasteiger partial charge >= 0.3 is 5.97 Å². The number of rotatable bonds is 4. The molecule has 0 aliphatic heterocycles. The highest BCUT2D eigenvalue weighted by molar-refractivity contribution is 5.71. The molecule has 0 amide bonds. The molecule has 10 heavy (non-hydrogen) atoms. The average Bonchev–Trinajstić information content (AvgIpc) is 1.88. The maximum Gasteiger partial charge on any atom is 0.327 e. The fourth-order valence-electron chi connectivity index (χ4n) is 0.342. The Morgan fingerprint density at radius 1 is 1.60 bits per heavy atom. The first kappa shape index (κ1) is 9.43. The Kier molecular flexibility index (Phi) is 4.94. The van der Waals surface area contributed by atoms with Crippen LogP contribution in [0.15, 0.2) is 0 Å². The zero-order valence-electron chi connectivity index (χ0n) is 6.81. The van der Waals surface area contributed by atoms with Crippen LogP contribution < -0.4 is 5.48 Å². The van der Waals surface area contributed by atoms with Gasteiger partial charge in [0.25, 0.3) is 0 Å². The van der Waals surface area contributed by atoms with Gasteiger partial charge in [-0.1, -0.05) is 20.8 Å². The SMILES string of the molecule is CCCNOC(=O)C(C)C. The van der Waals surface area contributed by atoms with Crippen LogP contribution in [0.1, 0.15) is 27.2 Å². The number of hydrogen-bond donors (Lipinski definition) is 1. The first-order valence-corrected chi connectivity index (χ1v) is 3.62. The first-order valence-electron chi connectivity index (χ1n) is 3.62. The van der Waals surface area contributed by atoms with Gasteiger partial charge in [0, 0.05) is 6.54 Å². The fourth-order valence-corrected chi connectivity index (χ4v) is 0.342. The minimum atomic E-state index is -0.201. The van der Waals surface area contributed by atoms with E-state index in [1.54, 1.807) is 13.8 Å². The number of carbonyl (C=O) groups excluding carboxylic acids is 1. The van der Waals surface area contributed by atoms with E-state index in [-0.39, 0.29) is 11.9 Å². The maximum absolute atomic E-state index is 10.7. The van der Waals surface area contributed by atoms with Gasteiger partial charge in [-0.05, 0) is 6.42 Å². The number of nitrogens with one attached hydrogen (secondary N) is 1. The molecule has 0 heterocycles. The van der Waals surface area contributed by atoms with Gasteiger partial charge in [-0.3, -0.25) is 4.79 Å². The molecule has 0 aromatic carbocycles. The van der Waals surface area contributed by atoms with Crippen molar-refractivity contribution in [3.05, 3.63) is 0 Å². The second-order valence-electron chi connectivity index (χ2n) is 2.47. The molecule has 0 saturated carbocycles. The summed E-state index contributed by atoms with van der Waals surface area (Å²) in [5.74, 6) is -0.252. The third kappa shape index (κ3) is 4.32. The maximum atomic E-state index is 10.7. The van der Waals surface area contributed by atoms with Crippen LogP contribution in [0.2, 0.25) is 0 Å². The lowest BCUT2D eigenvalue weighted by atomic mass is 10.2. The zero-order chi connectivity index (χ0) is 7.98. The molecule has 0 atom stereocenters. The number of hydrogen-bond acceptors (Lipinski definition) is 3. The Bertz CT molecular complexity index is 102. The van der Waals surface area contributed by atoms with Gasteiger partial charge in [-0.2, -0.15) is 5.48 Å². The average molecular weight is 145 g/mol. The summed E-state index contributed by atoms with van der Waals surface area (Å²) in [5, 5.41) is 0. The number of carbonyl (C=O) groups is 1. The fraction of sp³-hybridized carbons (Fsp3) is 0.857. The van der Waals surface area contributed by atoms with Gasteiger partial charge in [0.05, 0.1) is 5.92 Å². The van der Waals surface area contributed by atoms with Gasteiger partial charge in [0.2, 0.25) is 0 Å². The highest BCUT2D eigenvalue weighted by atomic mass is 16.7. The van der Waals surface area contributed by atoms with E-state index in [2.05, 4.69) is 10.3 Å². The summed E-state index contributed by atoms with van der Waals surface area (Å²) in [4.78, 5) is 15.4. The molecule has 0 spiro atoms. The van der Waals surface area contributed by atoms with E-state index in [0.717, 1.165) is 13.0 Å². The Hall–Kier alpha value is -0.570. The molecular weight excluding hydrogens is 130 g/mol. The standard InChI is InChI=1S/C7H15NO2/c1-4-5-8-10-7(9)6(2)3/h6,8H,4-5H2,1-3H3. The topological polar surface area (TPSA) is 38.3 Å². The molecule has 0 aromatic rings. The third-order valence-corrected chi connectivity index (χ3v) is 0.996. The van der Waals surface area contributed by atoms with Crippen molar-refractivity contribution in [3.8, 4) is 0 Å². The Balaban J connectivity index is 3.22. The smallest absolute Gasteiger partial charge is 0.327 e. The zero-order valence-corrected chi connectivity index (χ0v) is 6.81. The summed E-state index contributed by atoms with van der Waals surface area (Å²) in [6.07, 6.45) is 0.964. The highest BCUT2D eigenvalue weighted by Crippen LogP contribution is 1.92. The van der Waals surface area contributed by atoms with Crippen LogP contribution in [0.25, 0.3) is 0 Å². The normalized spacial score (nSPS) is 10.0. The van der Waals surface area contributed by atoms with Crippen LogP contribution in [0.4, 0.5) is 0 Å². The molecule has 0 fully saturated rings. The Labute approximate surface area is 61.7 Å². The van der Waals surface area contributed by atoms with E-state index < -0.39 is 0 Å². The van der Waals surface area contributed by atoms with E-state index in [1.165, 1.54) is 0 Å². The summed E-state index contributed by atoms with van der Waals surface area (Å²) in [6, 6.07) is 0. The Morgan fingerprint density at radius 2 is 2.20 bits per heavy atom. The molecule has 0 aliphatic carbocycles. The van der Waals surface area contributed by atoms with Crippen molar-refractivity contribution in [2.24, 2.45) is 5.92 Å². The predicted molar refractivity (Wildman–Crippen MR) is 39.2 cm³/mol. The minimum absolute atomic E-state index is 0.0515. The van der Waals surface area contributed by atoms with Crippen molar-refractivity contribution in [1.29, 1.82) is 0 Å². The summed E-state index contributed by atoms with van der Waals surface area (Å²) in [6.45, 7) is 6.33. The predicted octanol–water partition coefficient (Wildman–Crippen LogP) is 1.10. The van der Waals surface area contributed by atoms with Crippen LogP contribution in [-0.4, -0.2) is 12.5 Å². The van der Waals surface area contributed by atoms with E-state index in [0.29, 0.717) is 0 Å². The molecule has 0 unspecified atom stereocenters. The monoisotopic (exact) mass is 145 g/mol. The summed E-state index contributed by atoms with van der Waals surface area (Å²) >= 11 is 0. The molecule has 60 valence electrons. The molecule has 3 nitrogen and oxygen atoms in total. The summed E-state index contributed by atoms with van der Waals surface area (Å²) < 4.78 is 0. The van der Waals surface area contributed by atoms with E-state index in [1.807, 2.05) is 6.92 Å². The van der Waals surface area contributed by atoms with Gasteiger partial charge in [0.1, 0.15) is 0 Å². The molecule has 0 saturated heterocycles. The lowest BCUT2D eigenvalue weighted by Gasteiger charge is -2.05. The highest BCUT2D eigenvalue weighted by Gasteiger charge is 2.06. The van der Waals surface area contributed by atoms with Crippen LogP contribution in [-0.2, 0) is 9.63 Å². The molecule has 0 aromatic heterocycles. The third-order valence-electron chi connectivity index (χ3n) is 0.996. The van der Waals surface area contributed by atoms with Crippen molar-refractivity contribution in [3.63, 3.8) is 0 Å². The minimum Gasteiger partial charge on any atom is -0.370 e. The second kappa shape index (κ2) is 5.23. The van der Waals surface area contributed by atoms with Crippen molar-refractivity contribution < 1.29 is 9.63 Å². The van der Waals surface area contributed by atoms with Crippen LogP contribution in [0.3, 0.4) is 0 Å². The van der Waals surface area contributed by atoms with Gasteiger partial charge in [0.15, 0.2) is 0 Å². The Morgan fingerprint density at radius 3 is 2.60 bits per heavy atom. The van der Waals surface area contributed by atoms with Gasteiger partial charge in [-0.25, -0.2) is 0 Å². The van der Waals surface area contributed by atoms with Crippen molar-refractivity contribution in [2.45, 2.75) is 27.2 Å². The lowest BCUT2D eigenvalue weighted by Crippen LogP contribution is -2.23. The summed E-state index contributed by atoms with van der Waals surface area (Å²) in [7, 11) is 0. The van der Waals surface area contributed by atoms with Crippen LogP contribution in [0, 0.1) is 5.92 Å². The lowest BCUT2D eigenvalue weighted by molar-refractivity contribution is -0.154. The first-order chi connectivity index (χ1) is 4.68. The molecular formula is C7H15NO2. The molecule has 3 heteroatoms. The molecule has 0 radical (unpaired) electrons. The van der Waals surface area contributed by atoms with E-state index in [9.17, 15) is 4.79 Å². The quantitative estimate of drug-likeness (QED) is 0.475. The number of hydroxylamine groups is 1. The molecule has 1 N–H and O–H groups in total. The van der Waals surface area contributed by atoms with Gasteiger partial charge in [-0.15, -0.1) is 0 Å². The molecule has 0 bridgehead atoms. The van der Waals surface area contributed by atoms with E-state index in [4.69, 9.17) is 0 Å². The van der Waals surface area contributed by atoms with Crippen molar-refractivity contribution >= 4 is 5.97 Å². The van der Waals surface area contributed by atoms with Crippen molar-refractivity contribution in [2.75, 3.05) is 6.54 Å². The van der Waals surface area contributed by atoms with Crippen LogP contribution >= 0.6 is 0 Å². The second-order valence-corrected chi connectivity index (χ2v) is 2.47. The van der Waals surface area contributed by atoms with Gasteiger partial charge < -0.3 is 4.84 Å². The molecule has 0 aliphatic rings. The molecule has 0 rings (SSSR count). The summed E-state index contributed by atoms with van der Waals surface area (Å²) in [5.41, 5.74) is 2.57. The van der Waals surface area contributed by atoms with Crippen LogP contribution in [0.5, 0.6) is 0 Å².